The number of hydrogen-bond acceptors (Lipinski definition) is 4. The highest BCUT2D eigenvalue weighted by Crippen LogP contribution is 2.33. The van der Waals surface area contributed by atoms with E-state index < -0.39 is 0 Å². The van der Waals surface area contributed by atoms with E-state index in [0.717, 1.165) is 17.8 Å². The van der Waals surface area contributed by atoms with Gasteiger partial charge in [0.05, 0.1) is 11.5 Å². The summed E-state index contributed by atoms with van der Waals surface area (Å²) in [5, 5.41) is 14.0. The Labute approximate surface area is 147 Å². The van der Waals surface area contributed by atoms with Crippen molar-refractivity contribution in [2.45, 2.75) is 38.1 Å². The van der Waals surface area contributed by atoms with Crippen LogP contribution >= 0.6 is 11.3 Å². The first-order valence-electron chi connectivity index (χ1n) is 8.81. The Kier molecular flexibility index (Phi) is 5.87. The number of rotatable bonds is 5. The van der Waals surface area contributed by atoms with E-state index in [9.17, 15) is 4.79 Å². The van der Waals surface area contributed by atoms with Crippen molar-refractivity contribution in [2.75, 3.05) is 26.7 Å². The monoisotopic (exact) mass is 346 g/mol. The van der Waals surface area contributed by atoms with Crippen molar-refractivity contribution in [3.05, 3.63) is 34.7 Å². The third-order valence-corrected chi connectivity index (χ3v) is 5.99. The molecule has 0 saturated carbocycles. The van der Waals surface area contributed by atoms with Gasteiger partial charge in [-0.1, -0.05) is 31.0 Å². The van der Waals surface area contributed by atoms with E-state index in [4.69, 9.17) is 5.11 Å². The van der Waals surface area contributed by atoms with Crippen LogP contribution in [0.3, 0.4) is 0 Å². The van der Waals surface area contributed by atoms with Gasteiger partial charge in [0, 0.05) is 24.3 Å². The highest BCUT2D eigenvalue weighted by molar-refractivity contribution is 7.21. The Balaban J connectivity index is 1.94. The van der Waals surface area contributed by atoms with Crippen LogP contribution in [-0.4, -0.2) is 48.7 Å². The molecule has 3 rings (SSSR count). The second-order valence-corrected chi connectivity index (χ2v) is 7.61. The van der Waals surface area contributed by atoms with Gasteiger partial charge in [0.1, 0.15) is 0 Å². The van der Waals surface area contributed by atoms with Crippen molar-refractivity contribution in [1.29, 1.82) is 0 Å². The average Bonchev–Trinajstić information content (AvgIpc) is 2.76. The van der Waals surface area contributed by atoms with Gasteiger partial charge in [-0.15, -0.1) is 11.3 Å². The highest BCUT2D eigenvalue weighted by Gasteiger charge is 2.23. The molecule has 1 saturated heterocycles. The van der Waals surface area contributed by atoms with Gasteiger partial charge in [-0.25, -0.2) is 0 Å². The molecule has 5 heteroatoms. The van der Waals surface area contributed by atoms with E-state index in [1.165, 1.54) is 41.3 Å². The van der Waals surface area contributed by atoms with Crippen molar-refractivity contribution >= 4 is 27.3 Å². The summed E-state index contributed by atoms with van der Waals surface area (Å²) in [5.41, 5.74) is 1.17. The second kappa shape index (κ2) is 8.10. The van der Waals surface area contributed by atoms with Gasteiger partial charge in [-0.3, -0.25) is 4.79 Å². The molecule has 0 bridgehead atoms. The lowest BCUT2D eigenvalue weighted by Gasteiger charge is -2.19. The van der Waals surface area contributed by atoms with Crippen molar-refractivity contribution in [1.82, 2.24) is 10.2 Å². The Morgan fingerprint density at radius 1 is 1.33 bits per heavy atom. The maximum atomic E-state index is 12.8. The van der Waals surface area contributed by atoms with Crippen LogP contribution in [0.4, 0.5) is 0 Å². The Morgan fingerprint density at radius 3 is 3.00 bits per heavy atom. The molecular formula is C19H26N2O2S. The molecule has 4 nitrogen and oxygen atoms in total. The van der Waals surface area contributed by atoms with Gasteiger partial charge in [0.15, 0.2) is 0 Å². The molecule has 1 aliphatic heterocycles. The van der Waals surface area contributed by atoms with Crippen LogP contribution in [0, 0.1) is 0 Å². The molecule has 1 aliphatic rings. The molecule has 1 amide bonds. The zero-order valence-corrected chi connectivity index (χ0v) is 15.1. The van der Waals surface area contributed by atoms with Crippen LogP contribution in [-0.2, 0) is 6.42 Å². The van der Waals surface area contributed by atoms with Crippen LogP contribution in [0.2, 0.25) is 0 Å². The molecule has 1 aromatic carbocycles. The number of aliphatic hydroxyl groups excluding tert-OH is 1. The van der Waals surface area contributed by atoms with Crippen molar-refractivity contribution < 1.29 is 9.90 Å². The molecule has 2 N–H and O–H groups in total. The maximum Gasteiger partial charge on any atom is 0.264 e. The number of nitrogens with one attached hydrogen (secondary N) is 1. The minimum absolute atomic E-state index is 0.00729. The normalized spacial score (nSPS) is 18.5. The summed E-state index contributed by atoms with van der Waals surface area (Å²) in [6, 6.07) is 8.73. The largest absolute Gasteiger partial charge is 0.395 e. The van der Waals surface area contributed by atoms with E-state index in [0.29, 0.717) is 12.6 Å². The van der Waals surface area contributed by atoms with E-state index in [1.54, 1.807) is 23.3 Å². The van der Waals surface area contributed by atoms with E-state index in [-0.39, 0.29) is 12.5 Å². The standard InChI is InChI=1S/C19H26N2O2S/c1-21(11-12-22)19(23)18-16(13-14-7-3-2-6-10-20-14)15-8-4-5-9-17(15)24-18/h4-5,8-9,14,20,22H,2-3,6-7,10-13H2,1H3. The number of thiophene rings is 1. The number of aliphatic hydroxyl groups is 1. The number of fused-ring (bicyclic) bond motifs is 1. The van der Waals surface area contributed by atoms with Crippen LogP contribution in [0.5, 0.6) is 0 Å². The molecule has 1 aromatic heterocycles. The summed E-state index contributed by atoms with van der Waals surface area (Å²) in [5.74, 6) is 0.0221. The third kappa shape index (κ3) is 3.79. The van der Waals surface area contributed by atoms with Crippen LogP contribution in [0.15, 0.2) is 24.3 Å². The lowest BCUT2D eigenvalue weighted by molar-refractivity contribution is 0.0770. The smallest absolute Gasteiger partial charge is 0.264 e. The number of carbonyl (C=O) groups excluding carboxylic acids is 1. The first kappa shape index (κ1) is 17.4. The lowest BCUT2D eigenvalue weighted by atomic mass is 9.99. The van der Waals surface area contributed by atoms with Crippen molar-refractivity contribution in [3.63, 3.8) is 0 Å². The Hall–Kier alpha value is -1.43. The van der Waals surface area contributed by atoms with Gasteiger partial charge in [-0.05, 0) is 42.8 Å². The minimum Gasteiger partial charge on any atom is -0.395 e. The third-order valence-electron chi connectivity index (χ3n) is 4.79. The maximum absolute atomic E-state index is 12.8. The van der Waals surface area contributed by atoms with Crippen LogP contribution < -0.4 is 5.32 Å². The number of benzene rings is 1. The van der Waals surface area contributed by atoms with E-state index in [1.807, 2.05) is 12.1 Å². The number of likely N-dealkylation sites (N-methyl/N-ethyl adjacent to an activating group) is 1. The van der Waals surface area contributed by atoms with Gasteiger partial charge in [0.2, 0.25) is 0 Å². The van der Waals surface area contributed by atoms with Crippen LogP contribution in [0.1, 0.15) is 40.9 Å². The number of nitrogens with zero attached hydrogens (tertiary/aromatic N) is 1. The summed E-state index contributed by atoms with van der Waals surface area (Å²) in [7, 11) is 1.76. The summed E-state index contributed by atoms with van der Waals surface area (Å²) in [6.45, 7) is 1.43. The van der Waals surface area contributed by atoms with Gasteiger partial charge < -0.3 is 15.3 Å². The molecule has 1 fully saturated rings. The summed E-state index contributed by atoms with van der Waals surface area (Å²) >= 11 is 1.58. The predicted octanol–water partition coefficient (Wildman–Crippen LogP) is 3.04. The van der Waals surface area contributed by atoms with Gasteiger partial charge in [0.25, 0.3) is 5.91 Å². The Bertz CT molecular complexity index is 690. The average molecular weight is 346 g/mol. The first-order chi connectivity index (χ1) is 11.7. The number of hydrogen-bond donors (Lipinski definition) is 2. The molecule has 2 aromatic rings. The molecule has 0 aliphatic carbocycles. The molecule has 24 heavy (non-hydrogen) atoms. The lowest BCUT2D eigenvalue weighted by Crippen LogP contribution is -2.32. The minimum atomic E-state index is -0.00729. The van der Waals surface area contributed by atoms with Crippen molar-refractivity contribution in [2.24, 2.45) is 0 Å². The molecule has 0 radical (unpaired) electrons. The first-order valence-corrected chi connectivity index (χ1v) is 9.62. The van der Waals surface area contributed by atoms with Crippen LogP contribution in [0.25, 0.3) is 10.1 Å². The topological polar surface area (TPSA) is 52.6 Å². The fraction of sp³-hybridized carbons (Fsp3) is 0.526. The molecule has 130 valence electrons. The predicted molar refractivity (Wildman–Crippen MR) is 99.8 cm³/mol. The Morgan fingerprint density at radius 2 is 2.17 bits per heavy atom. The summed E-state index contributed by atoms with van der Waals surface area (Å²) in [6.07, 6.45) is 5.86. The second-order valence-electron chi connectivity index (χ2n) is 6.56. The van der Waals surface area contributed by atoms with Gasteiger partial charge in [-0.2, -0.15) is 0 Å². The molecular weight excluding hydrogens is 320 g/mol. The quantitative estimate of drug-likeness (QED) is 0.875. The van der Waals surface area contributed by atoms with Crippen molar-refractivity contribution in [3.8, 4) is 0 Å². The zero-order chi connectivity index (χ0) is 16.9. The highest BCUT2D eigenvalue weighted by atomic mass is 32.1. The van der Waals surface area contributed by atoms with E-state index in [2.05, 4.69) is 17.4 Å². The molecule has 2 heterocycles. The molecule has 0 spiro atoms. The van der Waals surface area contributed by atoms with E-state index >= 15 is 0 Å². The zero-order valence-electron chi connectivity index (χ0n) is 14.3. The summed E-state index contributed by atoms with van der Waals surface area (Å²) in [4.78, 5) is 15.3. The van der Waals surface area contributed by atoms with Gasteiger partial charge >= 0.3 is 0 Å². The molecule has 1 atom stereocenters. The fourth-order valence-corrected chi connectivity index (χ4v) is 4.65. The number of carbonyl (C=O) groups is 1. The summed E-state index contributed by atoms with van der Waals surface area (Å²) < 4.78 is 1.17. The fourth-order valence-electron chi connectivity index (χ4n) is 3.42. The SMILES string of the molecule is CN(CCO)C(=O)c1sc2ccccc2c1CC1CCCCCN1. The molecule has 1 unspecified atom stereocenters. The number of amides is 1.